The fourth-order valence-electron chi connectivity index (χ4n) is 5.93. The standard InChI is InChI=1S/C28H30N2O5S.ClH/c1-33-26-16-18-12-15-30(23-10-9-21(27(18)23)28(26)34-2)14-5-13-29-36(31,32)19-8-11-25-22(17-19)20-6-3-4-7-24(20)35-25;/h3-4,6-8,11,16-17,23,29H,5,9-10,12-15H2,1-2H3;1H. The molecule has 0 spiro atoms. The van der Waals surface area contributed by atoms with Gasteiger partial charge >= 0.3 is 0 Å². The molecular weight excluding hydrogens is 512 g/mol. The molecule has 1 atom stereocenters. The van der Waals surface area contributed by atoms with Crippen LogP contribution in [0.5, 0.6) is 11.5 Å². The number of benzene rings is 3. The van der Waals surface area contributed by atoms with E-state index in [9.17, 15) is 8.42 Å². The molecule has 37 heavy (non-hydrogen) atoms. The van der Waals surface area contributed by atoms with Crippen molar-refractivity contribution in [2.45, 2.75) is 36.6 Å². The van der Waals surface area contributed by atoms with Gasteiger partial charge in [-0.1, -0.05) is 18.2 Å². The maximum Gasteiger partial charge on any atom is 0.240 e. The van der Waals surface area contributed by atoms with E-state index < -0.39 is 10.0 Å². The minimum Gasteiger partial charge on any atom is -0.493 e. The van der Waals surface area contributed by atoms with Gasteiger partial charge in [0.15, 0.2) is 11.5 Å². The summed E-state index contributed by atoms with van der Waals surface area (Å²) in [5.74, 6) is 1.67. The number of ether oxygens (including phenoxy) is 2. The van der Waals surface area contributed by atoms with Gasteiger partial charge in [-0.3, -0.25) is 4.90 Å². The van der Waals surface area contributed by atoms with E-state index in [1.807, 2.05) is 24.3 Å². The lowest BCUT2D eigenvalue weighted by atomic mass is 9.92. The lowest BCUT2D eigenvalue weighted by Gasteiger charge is -2.35. The Morgan fingerprint density at radius 2 is 1.84 bits per heavy atom. The van der Waals surface area contributed by atoms with Crippen molar-refractivity contribution in [3.8, 4) is 11.5 Å². The van der Waals surface area contributed by atoms with Crippen LogP contribution in [-0.4, -0.2) is 47.2 Å². The van der Waals surface area contributed by atoms with Crippen LogP contribution in [0.1, 0.15) is 35.6 Å². The van der Waals surface area contributed by atoms with Crippen molar-refractivity contribution in [2.24, 2.45) is 0 Å². The quantitative estimate of drug-likeness (QED) is 0.307. The van der Waals surface area contributed by atoms with Crippen LogP contribution in [0.3, 0.4) is 0 Å². The molecule has 1 aliphatic carbocycles. The molecule has 1 N–H and O–H groups in total. The number of nitrogens with zero attached hydrogens (tertiary/aromatic N) is 1. The normalized spacial score (nSPS) is 17.1. The summed E-state index contributed by atoms with van der Waals surface area (Å²) >= 11 is 0. The molecular formula is C28H31ClN2O5S. The fraction of sp³-hybridized carbons (Fsp3) is 0.357. The highest BCUT2D eigenvalue weighted by molar-refractivity contribution is 7.89. The summed E-state index contributed by atoms with van der Waals surface area (Å²) in [5, 5.41) is 1.73. The summed E-state index contributed by atoms with van der Waals surface area (Å²) in [6.07, 6.45) is 3.73. The topological polar surface area (TPSA) is 81.0 Å². The van der Waals surface area contributed by atoms with Gasteiger partial charge in [0, 0.05) is 42.0 Å². The molecule has 0 radical (unpaired) electrons. The average Bonchev–Trinajstić information content (AvgIpc) is 3.50. The Balaban J connectivity index is 0.00000280. The molecule has 2 heterocycles. The highest BCUT2D eigenvalue weighted by Crippen LogP contribution is 2.48. The van der Waals surface area contributed by atoms with Gasteiger partial charge in [-0.15, -0.1) is 12.4 Å². The van der Waals surface area contributed by atoms with Crippen molar-refractivity contribution in [1.29, 1.82) is 0 Å². The highest BCUT2D eigenvalue weighted by atomic mass is 35.5. The monoisotopic (exact) mass is 542 g/mol. The molecule has 6 rings (SSSR count). The zero-order valence-electron chi connectivity index (χ0n) is 21.0. The Morgan fingerprint density at radius 3 is 2.65 bits per heavy atom. The number of fused-ring (bicyclic) bond motifs is 3. The van der Waals surface area contributed by atoms with Gasteiger partial charge in [0.2, 0.25) is 10.0 Å². The van der Waals surface area contributed by atoms with Gasteiger partial charge in [0.1, 0.15) is 11.2 Å². The van der Waals surface area contributed by atoms with Crippen LogP contribution >= 0.6 is 12.4 Å². The summed E-state index contributed by atoms with van der Waals surface area (Å²) in [6.45, 7) is 2.19. The Bertz CT molecular complexity index is 1570. The number of nitrogens with one attached hydrogen (secondary N) is 1. The number of sulfonamides is 1. The third-order valence-electron chi connectivity index (χ3n) is 7.58. The Labute approximate surface area is 223 Å². The van der Waals surface area contributed by atoms with E-state index in [1.54, 1.807) is 32.4 Å². The molecule has 7 nitrogen and oxygen atoms in total. The molecule has 0 saturated heterocycles. The van der Waals surface area contributed by atoms with Gasteiger partial charge in [0.25, 0.3) is 0 Å². The van der Waals surface area contributed by atoms with E-state index in [-0.39, 0.29) is 17.3 Å². The Kier molecular flexibility index (Phi) is 7.11. The van der Waals surface area contributed by atoms with Crippen molar-refractivity contribution in [1.82, 2.24) is 9.62 Å². The van der Waals surface area contributed by atoms with Gasteiger partial charge < -0.3 is 13.9 Å². The van der Waals surface area contributed by atoms with E-state index in [2.05, 4.69) is 15.7 Å². The van der Waals surface area contributed by atoms with E-state index in [0.29, 0.717) is 18.2 Å². The van der Waals surface area contributed by atoms with E-state index in [0.717, 1.165) is 66.6 Å². The smallest absolute Gasteiger partial charge is 0.240 e. The molecule has 4 aromatic rings. The molecule has 2 aliphatic rings. The SMILES string of the molecule is COc1cc2c3c(c1OC)CCC3N(CCCNS(=O)(=O)c1ccc3oc4ccccc4c3c1)CC2.Cl. The molecule has 1 aromatic heterocycles. The Morgan fingerprint density at radius 1 is 1.03 bits per heavy atom. The number of rotatable bonds is 8. The lowest BCUT2D eigenvalue weighted by molar-refractivity contribution is 0.184. The Hall–Kier alpha value is -2.78. The average molecular weight is 543 g/mol. The van der Waals surface area contributed by atoms with Crippen LogP contribution in [0.4, 0.5) is 0 Å². The maximum atomic E-state index is 13.0. The lowest BCUT2D eigenvalue weighted by Crippen LogP contribution is -2.36. The summed E-state index contributed by atoms with van der Waals surface area (Å²) in [5.41, 5.74) is 5.45. The first-order chi connectivity index (χ1) is 17.5. The zero-order chi connectivity index (χ0) is 24.9. The van der Waals surface area contributed by atoms with Gasteiger partial charge in [0.05, 0.1) is 19.1 Å². The van der Waals surface area contributed by atoms with Crippen molar-refractivity contribution in [2.75, 3.05) is 33.9 Å². The first kappa shape index (κ1) is 25.9. The van der Waals surface area contributed by atoms with Crippen LogP contribution in [0.2, 0.25) is 0 Å². The zero-order valence-corrected chi connectivity index (χ0v) is 22.6. The summed E-state index contributed by atoms with van der Waals surface area (Å²) in [4.78, 5) is 2.75. The van der Waals surface area contributed by atoms with Gasteiger partial charge in [-0.2, -0.15) is 0 Å². The van der Waals surface area contributed by atoms with Crippen LogP contribution < -0.4 is 14.2 Å². The van der Waals surface area contributed by atoms with Crippen LogP contribution in [0, 0.1) is 0 Å². The molecule has 0 fully saturated rings. The molecule has 3 aromatic carbocycles. The second-order valence-electron chi connectivity index (χ2n) is 9.51. The van der Waals surface area contributed by atoms with Crippen molar-refractivity contribution < 1.29 is 22.3 Å². The number of hydrogen-bond acceptors (Lipinski definition) is 6. The van der Waals surface area contributed by atoms with E-state index in [1.165, 1.54) is 16.7 Å². The van der Waals surface area contributed by atoms with Crippen LogP contribution in [0.25, 0.3) is 21.9 Å². The number of hydrogen-bond donors (Lipinski definition) is 1. The molecule has 0 bridgehead atoms. The molecule has 9 heteroatoms. The molecule has 1 unspecified atom stereocenters. The van der Waals surface area contributed by atoms with E-state index >= 15 is 0 Å². The van der Waals surface area contributed by atoms with Gasteiger partial charge in [-0.05, 0) is 67.1 Å². The van der Waals surface area contributed by atoms with Crippen molar-refractivity contribution >= 4 is 44.4 Å². The largest absolute Gasteiger partial charge is 0.493 e. The number of furan rings is 1. The molecule has 1 aliphatic heterocycles. The summed E-state index contributed by atoms with van der Waals surface area (Å²) in [7, 11) is -0.225. The molecule has 0 amide bonds. The predicted octanol–water partition coefficient (Wildman–Crippen LogP) is 5.24. The molecule has 196 valence electrons. The summed E-state index contributed by atoms with van der Waals surface area (Å²) in [6, 6.07) is 15.2. The number of methoxy groups -OCH3 is 2. The minimum atomic E-state index is -3.62. The first-order valence-electron chi connectivity index (χ1n) is 12.4. The van der Waals surface area contributed by atoms with Crippen LogP contribution in [-0.2, 0) is 22.9 Å². The third kappa shape index (κ3) is 4.46. The van der Waals surface area contributed by atoms with Gasteiger partial charge in [-0.25, -0.2) is 13.1 Å². The number of halogens is 1. The summed E-state index contributed by atoms with van der Waals surface area (Å²) < 4.78 is 45.9. The molecule has 0 saturated carbocycles. The predicted molar refractivity (Wildman–Crippen MR) is 147 cm³/mol. The second-order valence-corrected chi connectivity index (χ2v) is 11.3. The van der Waals surface area contributed by atoms with Crippen molar-refractivity contribution in [3.63, 3.8) is 0 Å². The third-order valence-corrected chi connectivity index (χ3v) is 9.04. The van der Waals surface area contributed by atoms with Crippen LogP contribution in [0.15, 0.2) is 57.8 Å². The number of para-hydroxylation sites is 1. The maximum absolute atomic E-state index is 13.0. The highest BCUT2D eigenvalue weighted by Gasteiger charge is 2.36. The van der Waals surface area contributed by atoms with E-state index in [4.69, 9.17) is 13.9 Å². The minimum absolute atomic E-state index is 0. The van der Waals surface area contributed by atoms with Crippen molar-refractivity contribution in [3.05, 3.63) is 65.2 Å². The first-order valence-corrected chi connectivity index (χ1v) is 13.9. The second kappa shape index (κ2) is 10.2. The fourth-order valence-corrected chi connectivity index (χ4v) is 7.03.